The standard InChI is InChI=1S/C50H30O/c1-3-16-33-31(13-1)15-11-24-38(33)47-40-20-7-9-22-42(40)48(43-23-10-8-21-41(43)47)44-30-29-37(35-18-5-6-19-36(35)44)39-25-12-26-46-49(39)45-28-27-32-14-2-4-17-34(32)50(45)51-46/h1-30H/i2D,4D,12D,14D,17D,25D,26D,27D,28D. The summed E-state index contributed by atoms with van der Waals surface area (Å²) in [6.45, 7) is 0. The second-order valence-corrected chi connectivity index (χ2v) is 12.8. The fourth-order valence-corrected chi connectivity index (χ4v) is 8.06. The van der Waals surface area contributed by atoms with Gasteiger partial charge in [0, 0.05) is 16.2 Å². The minimum Gasteiger partial charge on any atom is -0.455 e. The predicted molar refractivity (Wildman–Crippen MR) is 218 cm³/mol. The van der Waals surface area contributed by atoms with Gasteiger partial charge in [0.2, 0.25) is 0 Å². The molecule has 0 aliphatic carbocycles. The van der Waals surface area contributed by atoms with Gasteiger partial charge in [-0.3, -0.25) is 0 Å². The Morgan fingerprint density at radius 2 is 0.902 bits per heavy atom. The molecule has 0 bridgehead atoms. The molecule has 1 heterocycles. The molecule has 236 valence electrons. The molecule has 0 atom stereocenters. The van der Waals surface area contributed by atoms with E-state index in [1.54, 1.807) is 0 Å². The molecule has 1 aromatic heterocycles. The van der Waals surface area contributed by atoms with E-state index in [1.807, 2.05) is 36.4 Å². The van der Waals surface area contributed by atoms with Crippen LogP contribution < -0.4 is 0 Å². The van der Waals surface area contributed by atoms with Gasteiger partial charge in [-0.15, -0.1) is 0 Å². The summed E-state index contributed by atoms with van der Waals surface area (Å²) >= 11 is 0. The number of hydrogen-bond acceptors (Lipinski definition) is 1. The monoisotopic (exact) mass is 655 g/mol. The summed E-state index contributed by atoms with van der Waals surface area (Å²) < 4.78 is 85.9. The van der Waals surface area contributed by atoms with Crippen molar-refractivity contribution in [2.24, 2.45) is 0 Å². The molecule has 0 amide bonds. The van der Waals surface area contributed by atoms with Gasteiger partial charge >= 0.3 is 0 Å². The minimum absolute atomic E-state index is 0.0544. The molecule has 0 spiro atoms. The van der Waals surface area contributed by atoms with Gasteiger partial charge in [-0.05, 0) is 93.9 Å². The van der Waals surface area contributed by atoms with Gasteiger partial charge in [0.15, 0.2) is 0 Å². The fourth-order valence-electron chi connectivity index (χ4n) is 8.06. The van der Waals surface area contributed by atoms with Crippen LogP contribution in [0.3, 0.4) is 0 Å². The molecule has 10 aromatic carbocycles. The van der Waals surface area contributed by atoms with Gasteiger partial charge in [-0.25, -0.2) is 0 Å². The molecule has 0 saturated carbocycles. The first-order chi connectivity index (χ1) is 29.1. The van der Waals surface area contributed by atoms with E-state index in [-0.39, 0.29) is 56.4 Å². The van der Waals surface area contributed by atoms with Crippen LogP contribution in [-0.4, -0.2) is 0 Å². The highest BCUT2D eigenvalue weighted by atomic mass is 16.3. The van der Waals surface area contributed by atoms with E-state index < -0.39 is 36.3 Å². The zero-order chi connectivity index (χ0) is 41.3. The zero-order valence-electron chi connectivity index (χ0n) is 36.0. The summed E-state index contributed by atoms with van der Waals surface area (Å²) in [5.74, 6) is 0. The molecule has 0 saturated heterocycles. The SMILES string of the molecule is [2H]c1c([2H])c(-c2ccc(-c3c4ccccc4c(-c4cccc5ccccc45)c4ccccc34)c3ccccc23)c2c(oc3c4c([2H])c([2H])c([2H])c([2H])c4c([2H])c([2H])c32)c1[2H]. The Bertz CT molecular complexity index is 3660. The molecule has 0 radical (unpaired) electrons. The van der Waals surface area contributed by atoms with Crippen LogP contribution in [0.15, 0.2) is 186 Å². The Morgan fingerprint density at radius 3 is 1.63 bits per heavy atom. The minimum atomic E-state index is -0.532. The zero-order valence-corrected chi connectivity index (χ0v) is 27.0. The van der Waals surface area contributed by atoms with E-state index >= 15 is 0 Å². The maximum atomic E-state index is 9.39. The number of fused-ring (bicyclic) bond motifs is 9. The third-order valence-electron chi connectivity index (χ3n) is 10.2. The molecular weight excluding hydrogens is 617 g/mol. The second-order valence-electron chi connectivity index (χ2n) is 12.8. The Labute approximate surface area is 307 Å². The van der Waals surface area contributed by atoms with Crippen molar-refractivity contribution in [1.82, 2.24) is 0 Å². The van der Waals surface area contributed by atoms with Crippen molar-refractivity contribution < 1.29 is 16.8 Å². The topological polar surface area (TPSA) is 13.1 Å². The Balaban J connectivity index is 1.25. The van der Waals surface area contributed by atoms with Gasteiger partial charge in [0.25, 0.3) is 0 Å². The normalized spacial score (nSPS) is 14.4. The number of rotatable bonds is 3. The summed E-state index contributed by atoms with van der Waals surface area (Å²) in [4.78, 5) is 0. The second kappa shape index (κ2) is 10.9. The van der Waals surface area contributed by atoms with Crippen LogP contribution >= 0.6 is 0 Å². The lowest BCUT2D eigenvalue weighted by atomic mass is 9.83. The van der Waals surface area contributed by atoms with Crippen LogP contribution in [0.1, 0.15) is 12.3 Å². The molecule has 51 heavy (non-hydrogen) atoms. The van der Waals surface area contributed by atoms with Crippen LogP contribution in [0.25, 0.3) is 109 Å². The van der Waals surface area contributed by atoms with E-state index in [9.17, 15) is 2.74 Å². The van der Waals surface area contributed by atoms with Crippen LogP contribution in [0, 0.1) is 0 Å². The maximum Gasteiger partial charge on any atom is 0.143 e. The molecule has 1 heteroatoms. The van der Waals surface area contributed by atoms with Crippen molar-refractivity contribution in [3.8, 4) is 33.4 Å². The fraction of sp³-hybridized carbons (Fsp3) is 0. The molecule has 0 aliphatic heterocycles. The molecule has 0 fully saturated rings. The molecule has 1 nitrogen and oxygen atoms in total. The van der Waals surface area contributed by atoms with Gasteiger partial charge in [-0.2, -0.15) is 0 Å². The van der Waals surface area contributed by atoms with Crippen LogP contribution in [0.4, 0.5) is 0 Å². The van der Waals surface area contributed by atoms with Crippen molar-refractivity contribution in [3.05, 3.63) is 182 Å². The Hall–Kier alpha value is -6.70. The number of hydrogen-bond donors (Lipinski definition) is 0. The summed E-state index contributed by atoms with van der Waals surface area (Å²) in [5.41, 5.74) is 4.89. The summed E-state index contributed by atoms with van der Waals surface area (Å²) in [5, 5.41) is 8.25. The van der Waals surface area contributed by atoms with Crippen LogP contribution in [0.5, 0.6) is 0 Å². The number of furan rings is 1. The molecule has 11 rings (SSSR count). The molecule has 11 aromatic rings. The smallest absolute Gasteiger partial charge is 0.143 e. The Kier molecular flexibility index (Phi) is 4.43. The first-order valence-corrected chi connectivity index (χ1v) is 16.9. The molecule has 0 N–H and O–H groups in total. The third kappa shape index (κ3) is 4.09. The average molecular weight is 656 g/mol. The van der Waals surface area contributed by atoms with Crippen LogP contribution in [0.2, 0.25) is 0 Å². The van der Waals surface area contributed by atoms with Crippen molar-refractivity contribution >= 4 is 75.8 Å². The van der Waals surface area contributed by atoms with Gasteiger partial charge in [0.1, 0.15) is 11.2 Å². The molecule has 0 aliphatic rings. The van der Waals surface area contributed by atoms with Crippen molar-refractivity contribution in [2.75, 3.05) is 0 Å². The van der Waals surface area contributed by atoms with Gasteiger partial charge < -0.3 is 4.42 Å². The van der Waals surface area contributed by atoms with Crippen molar-refractivity contribution in [2.45, 2.75) is 0 Å². The molecular formula is C50H30O. The lowest BCUT2D eigenvalue weighted by molar-refractivity contribution is 0.673. The van der Waals surface area contributed by atoms with Crippen molar-refractivity contribution in [1.29, 1.82) is 0 Å². The predicted octanol–water partition coefficient (Wildman–Crippen LogP) is 14.4. The summed E-state index contributed by atoms with van der Waals surface area (Å²) in [7, 11) is 0. The Morgan fingerprint density at radius 1 is 0.333 bits per heavy atom. The van der Waals surface area contributed by atoms with Crippen LogP contribution in [-0.2, 0) is 0 Å². The highest BCUT2D eigenvalue weighted by molar-refractivity contribution is 6.26. The first-order valence-electron chi connectivity index (χ1n) is 21.4. The quantitative estimate of drug-likeness (QED) is 0.173. The highest BCUT2D eigenvalue weighted by Crippen LogP contribution is 2.48. The maximum absolute atomic E-state index is 9.39. The van der Waals surface area contributed by atoms with E-state index in [2.05, 4.69) is 91.0 Å². The van der Waals surface area contributed by atoms with Gasteiger partial charge in [-0.1, -0.05) is 170 Å². The summed E-state index contributed by atoms with van der Waals surface area (Å²) in [6.07, 6.45) is 0. The first kappa shape index (κ1) is 20.7. The average Bonchev–Trinajstić information content (AvgIpc) is 3.67. The molecule has 0 unspecified atom stereocenters. The summed E-state index contributed by atoms with van der Waals surface area (Å²) in [6, 6.07) is 39.8. The van der Waals surface area contributed by atoms with Gasteiger partial charge in [0.05, 0.1) is 12.3 Å². The van der Waals surface area contributed by atoms with E-state index in [4.69, 9.17) is 14.0 Å². The third-order valence-corrected chi connectivity index (χ3v) is 10.2. The number of benzene rings is 10. The van der Waals surface area contributed by atoms with Crippen molar-refractivity contribution in [3.63, 3.8) is 0 Å². The largest absolute Gasteiger partial charge is 0.455 e. The lowest BCUT2D eigenvalue weighted by Gasteiger charge is -2.20. The van der Waals surface area contributed by atoms with E-state index in [0.29, 0.717) is 5.56 Å². The van der Waals surface area contributed by atoms with E-state index in [1.165, 1.54) is 0 Å². The highest BCUT2D eigenvalue weighted by Gasteiger charge is 2.21. The lowest BCUT2D eigenvalue weighted by Crippen LogP contribution is -1.93. The van der Waals surface area contributed by atoms with E-state index in [0.717, 1.165) is 65.3 Å².